The normalized spacial score (nSPS) is 23.7. The van der Waals surface area contributed by atoms with Gasteiger partial charge in [0.2, 0.25) is 0 Å². The van der Waals surface area contributed by atoms with Gasteiger partial charge in [0.25, 0.3) is 0 Å². The van der Waals surface area contributed by atoms with Gasteiger partial charge in [-0.25, -0.2) is 9.37 Å². The van der Waals surface area contributed by atoms with Crippen LogP contribution in [0.25, 0.3) is 0 Å². The topological polar surface area (TPSA) is 28.2 Å². The fraction of sp³-hybridized carbons (Fsp3) is 0.643. The highest BCUT2D eigenvalue weighted by atomic mass is 32.2. The molecule has 0 amide bonds. The highest BCUT2D eigenvalue weighted by Crippen LogP contribution is 2.26. The zero-order valence-corrected chi connectivity index (χ0v) is 12.0. The summed E-state index contributed by atoms with van der Waals surface area (Å²) in [5, 5.41) is 3.91. The van der Waals surface area contributed by atoms with E-state index < -0.39 is 0 Å². The molecule has 1 aliphatic heterocycles. The van der Waals surface area contributed by atoms with E-state index in [9.17, 15) is 4.39 Å². The van der Waals surface area contributed by atoms with Crippen molar-refractivity contribution in [2.75, 3.05) is 23.7 Å². The molecule has 5 heteroatoms. The highest BCUT2D eigenvalue weighted by molar-refractivity contribution is 8.00. The lowest BCUT2D eigenvalue weighted by molar-refractivity contribution is 0.573. The molecule has 3 nitrogen and oxygen atoms in total. The van der Waals surface area contributed by atoms with Crippen LogP contribution in [0.3, 0.4) is 0 Å². The van der Waals surface area contributed by atoms with Crippen molar-refractivity contribution >= 4 is 17.6 Å². The van der Waals surface area contributed by atoms with Gasteiger partial charge in [0.1, 0.15) is 0 Å². The first kappa shape index (κ1) is 13.2. The molecule has 2 aliphatic rings. The number of hydrogen-bond donors (Lipinski definition) is 1. The SMILES string of the molecule is CC1CN(c2nccc(CNC3CC3)c2F)CCS1. The Labute approximate surface area is 118 Å². The van der Waals surface area contributed by atoms with Crippen molar-refractivity contribution in [3.63, 3.8) is 0 Å². The predicted octanol–water partition coefficient (Wildman–Crippen LogP) is 2.41. The summed E-state index contributed by atoms with van der Waals surface area (Å²) in [5.41, 5.74) is 0.739. The molecule has 0 spiro atoms. The van der Waals surface area contributed by atoms with Crippen LogP contribution in [0.5, 0.6) is 0 Å². The Balaban J connectivity index is 1.74. The van der Waals surface area contributed by atoms with E-state index in [0.717, 1.165) is 24.4 Å². The Morgan fingerprint density at radius 3 is 3.11 bits per heavy atom. The summed E-state index contributed by atoms with van der Waals surface area (Å²) in [6.07, 6.45) is 4.18. The first-order valence-electron chi connectivity index (χ1n) is 6.97. The standard InChI is InChI=1S/C14H20FN3S/c1-10-9-18(6-7-19-10)14-13(15)11(4-5-16-14)8-17-12-2-3-12/h4-5,10,12,17H,2-3,6-9H2,1H3. The molecule has 1 N–H and O–H groups in total. The molecule has 2 heterocycles. The number of pyridine rings is 1. The first-order valence-corrected chi connectivity index (χ1v) is 8.02. The van der Waals surface area contributed by atoms with E-state index in [4.69, 9.17) is 0 Å². The van der Waals surface area contributed by atoms with Gasteiger partial charge < -0.3 is 10.2 Å². The van der Waals surface area contributed by atoms with Gasteiger partial charge >= 0.3 is 0 Å². The third kappa shape index (κ3) is 3.20. The Hall–Kier alpha value is -0.810. The van der Waals surface area contributed by atoms with Gasteiger partial charge in [-0.05, 0) is 18.9 Å². The van der Waals surface area contributed by atoms with Crippen molar-refractivity contribution < 1.29 is 4.39 Å². The quantitative estimate of drug-likeness (QED) is 0.917. The van der Waals surface area contributed by atoms with Gasteiger partial charge in [0.05, 0.1) is 0 Å². The van der Waals surface area contributed by atoms with E-state index in [-0.39, 0.29) is 5.82 Å². The van der Waals surface area contributed by atoms with Gasteiger partial charge in [-0.2, -0.15) is 11.8 Å². The maximum atomic E-state index is 14.5. The summed E-state index contributed by atoms with van der Waals surface area (Å²) in [4.78, 5) is 6.33. The zero-order valence-electron chi connectivity index (χ0n) is 11.2. The van der Waals surface area contributed by atoms with Gasteiger partial charge in [0, 0.05) is 48.4 Å². The minimum atomic E-state index is -0.144. The molecule has 3 rings (SSSR count). The number of hydrogen-bond acceptors (Lipinski definition) is 4. The van der Waals surface area contributed by atoms with Crippen molar-refractivity contribution in [1.82, 2.24) is 10.3 Å². The van der Waals surface area contributed by atoms with Crippen molar-refractivity contribution in [2.24, 2.45) is 0 Å². The summed E-state index contributed by atoms with van der Waals surface area (Å²) in [7, 11) is 0. The van der Waals surface area contributed by atoms with E-state index in [1.807, 2.05) is 11.8 Å². The van der Waals surface area contributed by atoms with Crippen molar-refractivity contribution in [3.8, 4) is 0 Å². The monoisotopic (exact) mass is 281 g/mol. The summed E-state index contributed by atoms with van der Waals surface area (Å²) < 4.78 is 14.5. The molecule has 0 bridgehead atoms. The number of nitrogens with one attached hydrogen (secondary N) is 1. The molecule has 0 radical (unpaired) electrons. The Morgan fingerprint density at radius 2 is 2.37 bits per heavy atom. The molecule has 0 aromatic carbocycles. The summed E-state index contributed by atoms with van der Waals surface area (Å²) in [5.74, 6) is 1.43. The largest absolute Gasteiger partial charge is 0.352 e. The fourth-order valence-electron chi connectivity index (χ4n) is 2.38. The summed E-state index contributed by atoms with van der Waals surface area (Å²) in [6, 6.07) is 2.39. The molecule has 1 saturated heterocycles. The lowest BCUT2D eigenvalue weighted by Crippen LogP contribution is -2.38. The third-order valence-electron chi connectivity index (χ3n) is 3.65. The molecular formula is C14H20FN3S. The number of rotatable bonds is 4. The second kappa shape index (κ2) is 5.67. The minimum absolute atomic E-state index is 0.144. The van der Waals surface area contributed by atoms with Gasteiger partial charge in [-0.15, -0.1) is 0 Å². The van der Waals surface area contributed by atoms with Crippen molar-refractivity contribution in [3.05, 3.63) is 23.6 Å². The maximum Gasteiger partial charge on any atom is 0.170 e. The molecule has 19 heavy (non-hydrogen) atoms. The van der Waals surface area contributed by atoms with Gasteiger partial charge in [0.15, 0.2) is 11.6 Å². The van der Waals surface area contributed by atoms with Crippen LogP contribution in [0.1, 0.15) is 25.3 Å². The number of aromatic nitrogens is 1. The van der Waals surface area contributed by atoms with Crippen LogP contribution in [0, 0.1) is 5.82 Å². The van der Waals surface area contributed by atoms with Crippen molar-refractivity contribution in [1.29, 1.82) is 0 Å². The molecule has 1 aromatic heterocycles. The molecule has 1 aliphatic carbocycles. The van der Waals surface area contributed by atoms with Crippen LogP contribution in [-0.2, 0) is 6.54 Å². The molecule has 104 valence electrons. The van der Waals surface area contributed by atoms with Crippen LogP contribution < -0.4 is 10.2 Å². The Kier molecular flexibility index (Phi) is 3.93. The number of anilines is 1. The maximum absolute atomic E-state index is 14.5. The molecule has 1 saturated carbocycles. The van der Waals surface area contributed by atoms with Crippen LogP contribution in [0.2, 0.25) is 0 Å². The predicted molar refractivity (Wildman–Crippen MR) is 78.2 cm³/mol. The smallest absolute Gasteiger partial charge is 0.170 e. The minimum Gasteiger partial charge on any atom is -0.352 e. The van der Waals surface area contributed by atoms with Crippen LogP contribution in [0.15, 0.2) is 12.3 Å². The molecule has 1 atom stereocenters. The number of thioether (sulfide) groups is 1. The lowest BCUT2D eigenvalue weighted by Gasteiger charge is -2.31. The zero-order chi connectivity index (χ0) is 13.2. The fourth-order valence-corrected chi connectivity index (χ4v) is 3.39. The Morgan fingerprint density at radius 1 is 1.53 bits per heavy atom. The second-order valence-electron chi connectivity index (χ2n) is 5.39. The average Bonchev–Trinajstić information content (AvgIpc) is 3.22. The van der Waals surface area contributed by atoms with E-state index in [1.54, 1.807) is 12.3 Å². The molecule has 1 aromatic rings. The van der Waals surface area contributed by atoms with Crippen LogP contribution >= 0.6 is 11.8 Å². The second-order valence-corrected chi connectivity index (χ2v) is 6.94. The molecular weight excluding hydrogens is 261 g/mol. The van der Waals surface area contributed by atoms with Crippen LogP contribution in [0.4, 0.5) is 10.2 Å². The van der Waals surface area contributed by atoms with E-state index in [0.29, 0.717) is 23.7 Å². The number of halogens is 1. The highest BCUT2D eigenvalue weighted by Gasteiger charge is 2.24. The van der Waals surface area contributed by atoms with E-state index >= 15 is 0 Å². The van der Waals surface area contributed by atoms with Crippen molar-refractivity contribution in [2.45, 2.75) is 37.6 Å². The summed E-state index contributed by atoms with van der Waals surface area (Å²) in [6.45, 7) is 4.57. The van der Waals surface area contributed by atoms with E-state index in [2.05, 4.69) is 22.1 Å². The van der Waals surface area contributed by atoms with Gasteiger partial charge in [-0.1, -0.05) is 6.92 Å². The van der Waals surface area contributed by atoms with E-state index in [1.165, 1.54) is 12.8 Å². The van der Waals surface area contributed by atoms with Gasteiger partial charge in [-0.3, -0.25) is 0 Å². The Bertz CT molecular complexity index is 450. The first-order chi connectivity index (χ1) is 9.24. The molecule has 2 fully saturated rings. The third-order valence-corrected chi connectivity index (χ3v) is 4.79. The number of nitrogens with zero attached hydrogens (tertiary/aromatic N) is 2. The lowest BCUT2D eigenvalue weighted by atomic mass is 10.2. The van der Waals surface area contributed by atoms with Crippen LogP contribution in [-0.4, -0.2) is 35.1 Å². The molecule has 1 unspecified atom stereocenters. The summed E-state index contributed by atoms with van der Waals surface area (Å²) >= 11 is 1.94. The average molecular weight is 281 g/mol.